The Kier molecular flexibility index (Phi) is 5.29. The molecule has 5 rings (SSSR count). The summed E-state index contributed by atoms with van der Waals surface area (Å²) in [4.78, 5) is 22.2. The van der Waals surface area contributed by atoms with Gasteiger partial charge in [-0.3, -0.25) is 9.36 Å². The topological polar surface area (TPSA) is 117 Å². The largest absolute Gasteiger partial charge is 0.388 e. The van der Waals surface area contributed by atoms with Crippen LogP contribution < -0.4 is 10.9 Å². The van der Waals surface area contributed by atoms with E-state index in [9.17, 15) is 18.3 Å². The van der Waals surface area contributed by atoms with Gasteiger partial charge < -0.3 is 10.4 Å². The fourth-order valence-electron chi connectivity index (χ4n) is 5.17. The SMILES string of the molecule is Cc1cc2cnc(NC3CCN(S(=O)(=O)C4CC4)CC3)nc2n([C@@H]2CCC[C@@]2(C)O)c1=O. The zero-order valence-corrected chi connectivity index (χ0v) is 19.4. The number of nitrogens with one attached hydrogen (secondary N) is 1. The molecule has 0 spiro atoms. The molecule has 1 saturated heterocycles. The summed E-state index contributed by atoms with van der Waals surface area (Å²) >= 11 is 0. The van der Waals surface area contributed by atoms with Crippen molar-refractivity contribution in [2.24, 2.45) is 0 Å². The number of aliphatic hydroxyl groups is 1. The second-order valence-corrected chi connectivity index (χ2v) is 12.0. The Morgan fingerprint density at radius 1 is 1.19 bits per heavy atom. The number of hydrogen-bond donors (Lipinski definition) is 2. The fraction of sp³-hybridized carbons (Fsp3) is 0.682. The van der Waals surface area contributed by atoms with Crippen molar-refractivity contribution in [3.63, 3.8) is 0 Å². The van der Waals surface area contributed by atoms with Crippen LogP contribution in [0, 0.1) is 6.92 Å². The van der Waals surface area contributed by atoms with E-state index in [1.54, 1.807) is 35.0 Å². The van der Waals surface area contributed by atoms with Crippen molar-refractivity contribution >= 4 is 27.0 Å². The van der Waals surface area contributed by atoms with E-state index >= 15 is 0 Å². The quantitative estimate of drug-likeness (QED) is 0.699. The second-order valence-electron chi connectivity index (χ2n) is 9.80. The summed E-state index contributed by atoms with van der Waals surface area (Å²) in [5.41, 5.74) is 0.0453. The number of aromatic nitrogens is 3. The Hall–Kier alpha value is -2.04. The van der Waals surface area contributed by atoms with E-state index in [2.05, 4.69) is 15.3 Å². The van der Waals surface area contributed by atoms with E-state index in [0.29, 0.717) is 49.5 Å². The molecule has 0 amide bonds. The van der Waals surface area contributed by atoms with E-state index in [1.807, 2.05) is 0 Å². The maximum absolute atomic E-state index is 13.1. The Morgan fingerprint density at radius 3 is 2.53 bits per heavy atom. The molecule has 32 heavy (non-hydrogen) atoms. The van der Waals surface area contributed by atoms with Gasteiger partial charge in [-0.05, 0) is 64.9 Å². The summed E-state index contributed by atoms with van der Waals surface area (Å²) in [6, 6.07) is 1.54. The van der Waals surface area contributed by atoms with Crippen LogP contribution in [0.4, 0.5) is 5.95 Å². The van der Waals surface area contributed by atoms with Crippen LogP contribution in [0.2, 0.25) is 0 Å². The number of fused-ring (bicyclic) bond motifs is 1. The third-order valence-electron chi connectivity index (χ3n) is 7.23. The van der Waals surface area contributed by atoms with Gasteiger partial charge in [-0.15, -0.1) is 0 Å². The summed E-state index contributed by atoms with van der Waals surface area (Å²) in [7, 11) is -3.14. The zero-order chi connectivity index (χ0) is 22.7. The van der Waals surface area contributed by atoms with E-state index in [4.69, 9.17) is 0 Å². The van der Waals surface area contributed by atoms with Crippen LogP contribution in [0.15, 0.2) is 17.1 Å². The molecule has 1 aliphatic heterocycles. The molecule has 2 aromatic heterocycles. The monoisotopic (exact) mass is 461 g/mol. The maximum atomic E-state index is 13.1. The van der Waals surface area contributed by atoms with Gasteiger partial charge in [0, 0.05) is 36.3 Å². The van der Waals surface area contributed by atoms with Gasteiger partial charge in [-0.25, -0.2) is 17.7 Å². The van der Waals surface area contributed by atoms with Crippen LogP contribution in [0.3, 0.4) is 0 Å². The Morgan fingerprint density at radius 2 is 1.91 bits per heavy atom. The summed E-state index contributed by atoms with van der Waals surface area (Å²) in [5.74, 6) is 0.427. The lowest BCUT2D eigenvalue weighted by Gasteiger charge is -2.32. The third kappa shape index (κ3) is 3.82. The van der Waals surface area contributed by atoms with E-state index in [1.165, 1.54) is 0 Å². The molecule has 3 fully saturated rings. The van der Waals surface area contributed by atoms with Crippen LogP contribution in [0.1, 0.15) is 63.5 Å². The number of nitrogens with zero attached hydrogens (tertiary/aromatic N) is 4. The number of anilines is 1. The van der Waals surface area contributed by atoms with Gasteiger partial charge in [0.25, 0.3) is 5.56 Å². The zero-order valence-electron chi connectivity index (χ0n) is 18.6. The molecule has 2 atom stereocenters. The predicted molar refractivity (Wildman–Crippen MR) is 122 cm³/mol. The van der Waals surface area contributed by atoms with E-state index < -0.39 is 15.6 Å². The average molecular weight is 462 g/mol. The molecule has 3 aliphatic rings. The molecule has 0 aromatic carbocycles. The number of pyridine rings is 1. The molecule has 0 radical (unpaired) electrons. The smallest absolute Gasteiger partial charge is 0.255 e. The molecule has 0 unspecified atom stereocenters. The Balaban J connectivity index is 1.40. The molecule has 2 N–H and O–H groups in total. The highest BCUT2D eigenvalue weighted by molar-refractivity contribution is 7.90. The van der Waals surface area contributed by atoms with Crippen LogP contribution in [-0.2, 0) is 10.0 Å². The molecule has 174 valence electrons. The highest BCUT2D eigenvalue weighted by Gasteiger charge is 2.41. The summed E-state index contributed by atoms with van der Waals surface area (Å²) in [6.07, 6.45) is 6.88. The normalized spacial score (nSPS) is 27.8. The Bertz CT molecular complexity index is 1200. The molecule has 2 saturated carbocycles. The number of rotatable bonds is 5. The lowest BCUT2D eigenvalue weighted by Crippen LogP contribution is -2.43. The first-order valence-corrected chi connectivity index (χ1v) is 13.0. The number of aryl methyl sites for hydroxylation is 1. The molecule has 10 heteroatoms. The minimum Gasteiger partial charge on any atom is -0.388 e. The second kappa shape index (κ2) is 7.78. The molecule has 2 aliphatic carbocycles. The first-order chi connectivity index (χ1) is 15.2. The third-order valence-corrected chi connectivity index (χ3v) is 9.63. The van der Waals surface area contributed by atoms with Crippen molar-refractivity contribution in [3.05, 3.63) is 28.2 Å². The first kappa shape index (κ1) is 21.8. The van der Waals surface area contributed by atoms with Crippen LogP contribution in [0.5, 0.6) is 0 Å². The molecule has 2 aromatic rings. The Labute approximate surface area is 187 Å². The van der Waals surface area contributed by atoms with Crippen molar-refractivity contribution < 1.29 is 13.5 Å². The van der Waals surface area contributed by atoms with Gasteiger partial charge in [0.05, 0.1) is 16.9 Å². The van der Waals surface area contributed by atoms with Gasteiger partial charge in [0.2, 0.25) is 16.0 Å². The number of piperidine rings is 1. The molecular weight excluding hydrogens is 430 g/mol. The highest BCUT2D eigenvalue weighted by atomic mass is 32.2. The van der Waals surface area contributed by atoms with E-state index in [0.717, 1.165) is 31.1 Å². The predicted octanol–water partition coefficient (Wildman–Crippen LogP) is 1.94. The molecule has 9 nitrogen and oxygen atoms in total. The maximum Gasteiger partial charge on any atom is 0.255 e. The number of sulfonamides is 1. The highest BCUT2D eigenvalue weighted by Crippen LogP contribution is 2.39. The lowest BCUT2D eigenvalue weighted by atomic mass is 9.99. The summed E-state index contributed by atoms with van der Waals surface area (Å²) in [5, 5.41) is 14.8. The van der Waals surface area contributed by atoms with Crippen molar-refractivity contribution in [2.45, 2.75) is 81.7 Å². The molecule has 0 bridgehead atoms. The van der Waals surface area contributed by atoms with Gasteiger partial charge in [-0.1, -0.05) is 0 Å². The summed E-state index contributed by atoms with van der Waals surface area (Å²) in [6.45, 7) is 4.56. The first-order valence-electron chi connectivity index (χ1n) is 11.5. The fourth-order valence-corrected chi connectivity index (χ4v) is 7.04. The van der Waals surface area contributed by atoms with Crippen molar-refractivity contribution in [2.75, 3.05) is 18.4 Å². The van der Waals surface area contributed by atoms with Crippen LogP contribution in [0.25, 0.3) is 11.0 Å². The molecule has 3 heterocycles. The van der Waals surface area contributed by atoms with E-state index in [-0.39, 0.29) is 22.9 Å². The minimum atomic E-state index is -3.14. The summed E-state index contributed by atoms with van der Waals surface area (Å²) < 4.78 is 28.2. The number of hydrogen-bond acceptors (Lipinski definition) is 7. The molecular formula is C22H31N5O4S. The van der Waals surface area contributed by atoms with Gasteiger partial charge in [0.15, 0.2) is 0 Å². The minimum absolute atomic E-state index is 0.0679. The van der Waals surface area contributed by atoms with Gasteiger partial charge >= 0.3 is 0 Å². The average Bonchev–Trinajstić information content (AvgIpc) is 3.55. The van der Waals surface area contributed by atoms with Crippen LogP contribution in [-0.4, -0.2) is 62.3 Å². The van der Waals surface area contributed by atoms with Crippen molar-refractivity contribution in [1.29, 1.82) is 0 Å². The van der Waals surface area contributed by atoms with Crippen LogP contribution >= 0.6 is 0 Å². The standard InChI is InChI=1S/C22H31N5O4S/c1-14-12-15-13-23-21(24-16-7-10-26(11-8-16)32(30,31)17-5-6-17)25-19(15)27(20(14)28)18-4-3-9-22(18,2)29/h12-13,16-18,29H,3-11H2,1-2H3,(H,23,24,25)/t18-,22-/m1/s1. The lowest BCUT2D eigenvalue weighted by molar-refractivity contribution is 0.0266. The van der Waals surface area contributed by atoms with Gasteiger partial charge in [-0.2, -0.15) is 4.98 Å². The van der Waals surface area contributed by atoms with Gasteiger partial charge in [0.1, 0.15) is 5.65 Å². The van der Waals surface area contributed by atoms with Crippen molar-refractivity contribution in [3.8, 4) is 0 Å². The van der Waals surface area contributed by atoms with Crippen molar-refractivity contribution in [1.82, 2.24) is 18.8 Å².